The van der Waals surface area contributed by atoms with Gasteiger partial charge in [0.1, 0.15) is 4.90 Å². The minimum absolute atomic E-state index is 0.0682. The first kappa shape index (κ1) is 16.7. The number of nitrogens with two attached hydrogens (primary N) is 1. The van der Waals surface area contributed by atoms with E-state index >= 15 is 0 Å². The number of hydrogen-bond acceptors (Lipinski definition) is 4. The third-order valence-electron chi connectivity index (χ3n) is 3.80. The lowest BCUT2D eigenvalue weighted by Gasteiger charge is -2.32. The molecule has 0 aromatic heterocycles. The van der Waals surface area contributed by atoms with Crippen LogP contribution in [0.2, 0.25) is 5.02 Å². The van der Waals surface area contributed by atoms with Gasteiger partial charge in [-0.05, 0) is 43.6 Å². The predicted molar refractivity (Wildman–Crippen MR) is 84.8 cm³/mol. The molecular formula is C14H22ClN3O2S. The average Bonchev–Trinajstić information content (AvgIpc) is 2.47. The molecule has 1 aromatic carbocycles. The van der Waals surface area contributed by atoms with E-state index in [-0.39, 0.29) is 22.5 Å². The summed E-state index contributed by atoms with van der Waals surface area (Å²) in [7, 11) is -3.62. The molecule has 7 heteroatoms. The molecule has 1 aliphatic heterocycles. The van der Waals surface area contributed by atoms with E-state index in [9.17, 15) is 8.42 Å². The van der Waals surface area contributed by atoms with E-state index in [1.807, 2.05) is 0 Å². The lowest BCUT2D eigenvalue weighted by atomic mass is 10.1. The number of nitrogens with one attached hydrogen (secondary N) is 1. The Labute approximate surface area is 131 Å². The maximum atomic E-state index is 12.5. The number of halogens is 1. The molecule has 1 heterocycles. The van der Waals surface area contributed by atoms with Gasteiger partial charge in [0.25, 0.3) is 0 Å². The Hall–Kier alpha value is -0.660. The summed E-state index contributed by atoms with van der Waals surface area (Å²) in [5, 5.41) is 0.225. The van der Waals surface area contributed by atoms with Crippen LogP contribution in [0.1, 0.15) is 25.3 Å². The Bertz CT molecular complexity index is 592. The molecular weight excluding hydrogens is 310 g/mol. The summed E-state index contributed by atoms with van der Waals surface area (Å²) in [5.41, 5.74) is 6.32. The molecule has 0 amide bonds. The number of likely N-dealkylation sites (N-methyl/N-ethyl adjacent to an activating group) is 1. The van der Waals surface area contributed by atoms with Crippen LogP contribution in [-0.2, 0) is 16.6 Å². The van der Waals surface area contributed by atoms with Crippen molar-refractivity contribution in [3.63, 3.8) is 0 Å². The average molecular weight is 332 g/mol. The van der Waals surface area contributed by atoms with Crippen LogP contribution in [0.5, 0.6) is 0 Å². The molecule has 1 saturated heterocycles. The Kier molecular flexibility index (Phi) is 5.62. The SMILES string of the molecule is CCN1CCCC(NS(=O)(=O)c2cc(CN)ccc2Cl)C1. The lowest BCUT2D eigenvalue weighted by Crippen LogP contribution is -2.47. The normalized spacial score (nSPS) is 20.6. The highest BCUT2D eigenvalue weighted by Gasteiger charge is 2.26. The highest BCUT2D eigenvalue weighted by molar-refractivity contribution is 7.89. The van der Waals surface area contributed by atoms with Crippen molar-refractivity contribution in [2.45, 2.75) is 37.2 Å². The zero-order valence-corrected chi connectivity index (χ0v) is 13.8. The summed E-state index contributed by atoms with van der Waals surface area (Å²) in [5.74, 6) is 0. The lowest BCUT2D eigenvalue weighted by molar-refractivity contribution is 0.211. The minimum Gasteiger partial charge on any atom is -0.326 e. The summed E-state index contributed by atoms with van der Waals surface area (Å²) < 4.78 is 27.8. The second-order valence-electron chi connectivity index (χ2n) is 5.32. The zero-order chi connectivity index (χ0) is 15.5. The van der Waals surface area contributed by atoms with Gasteiger partial charge in [-0.2, -0.15) is 0 Å². The number of piperidine rings is 1. The third-order valence-corrected chi connectivity index (χ3v) is 5.80. The molecule has 118 valence electrons. The van der Waals surface area contributed by atoms with Crippen molar-refractivity contribution >= 4 is 21.6 Å². The predicted octanol–water partition coefficient (Wildman–Crippen LogP) is 1.56. The quantitative estimate of drug-likeness (QED) is 0.858. The maximum Gasteiger partial charge on any atom is 0.242 e. The molecule has 5 nitrogen and oxygen atoms in total. The van der Waals surface area contributed by atoms with Crippen LogP contribution in [0, 0.1) is 0 Å². The fourth-order valence-electron chi connectivity index (χ4n) is 2.60. The molecule has 21 heavy (non-hydrogen) atoms. The first-order valence-corrected chi connectivity index (χ1v) is 9.05. The highest BCUT2D eigenvalue weighted by atomic mass is 35.5. The topological polar surface area (TPSA) is 75.4 Å². The van der Waals surface area contributed by atoms with E-state index in [2.05, 4.69) is 16.5 Å². The van der Waals surface area contributed by atoms with Crippen molar-refractivity contribution in [1.29, 1.82) is 0 Å². The summed E-state index contributed by atoms with van der Waals surface area (Å²) in [4.78, 5) is 2.36. The Balaban J connectivity index is 2.18. The number of hydrogen-bond donors (Lipinski definition) is 2. The molecule has 0 radical (unpaired) electrons. The number of nitrogens with zero attached hydrogens (tertiary/aromatic N) is 1. The fourth-order valence-corrected chi connectivity index (χ4v) is 4.41. The molecule has 0 spiro atoms. The molecule has 1 aromatic rings. The van der Waals surface area contributed by atoms with Gasteiger partial charge >= 0.3 is 0 Å². The van der Waals surface area contributed by atoms with Gasteiger partial charge in [0.15, 0.2) is 0 Å². The first-order chi connectivity index (χ1) is 9.96. The van der Waals surface area contributed by atoms with Crippen molar-refractivity contribution < 1.29 is 8.42 Å². The second kappa shape index (κ2) is 7.07. The van der Waals surface area contributed by atoms with E-state index < -0.39 is 10.0 Å². The monoisotopic (exact) mass is 331 g/mol. The molecule has 0 aliphatic carbocycles. The van der Waals surface area contributed by atoms with E-state index in [1.165, 1.54) is 0 Å². The Morgan fingerprint density at radius 2 is 2.24 bits per heavy atom. The van der Waals surface area contributed by atoms with Crippen LogP contribution in [0.4, 0.5) is 0 Å². The van der Waals surface area contributed by atoms with Gasteiger partial charge in [-0.25, -0.2) is 13.1 Å². The minimum atomic E-state index is -3.62. The molecule has 3 N–H and O–H groups in total. The maximum absolute atomic E-state index is 12.5. The van der Waals surface area contributed by atoms with E-state index in [4.69, 9.17) is 17.3 Å². The van der Waals surface area contributed by atoms with Crippen molar-refractivity contribution in [1.82, 2.24) is 9.62 Å². The number of sulfonamides is 1. The smallest absolute Gasteiger partial charge is 0.242 e. The second-order valence-corrected chi connectivity index (χ2v) is 7.41. The van der Waals surface area contributed by atoms with Gasteiger partial charge in [0.2, 0.25) is 10.0 Å². The van der Waals surface area contributed by atoms with E-state index in [0.29, 0.717) is 0 Å². The zero-order valence-electron chi connectivity index (χ0n) is 12.2. The van der Waals surface area contributed by atoms with Gasteiger partial charge in [-0.15, -0.1) is 0 Å². The van der Waals surface area contributed by atoms with Crippen LogP contribution in [0.25, 0.3) is 0 Å². The van der Waals surface area contributed by atoms with Crippen molar-refractivity contribution in [3.8, 4) is 0 Å². The third kappa shape index (κ3) is 4.17. The van der Waals surface area contributed by atoms with Crippen LogP contribution < -0.4 is 10.5 Å². The van der Waals surface area contributed by atoms with Gasteiger partial charge < -0.3 is 10.6 Å². The molecule has 0 saturated carbocycles. The van der Waals surface area contributed by atoms with Crippen molar-refractivity contribution in [3.05, 3.63) is 28.8 Å². The van der Waals surface area contributed by atoms with Crippen LogP contribution in [-0.4, -0.2) is 39.0 Å². The van der Waals surface area contributed by atoms with Gasteiger partial charge in [-0.1, -0.05) is 24.6 Å². The standard InChI is InChI=1S/C14H22ClN3O2S/c1-2-18-7-3-4-12(10-18)17-21(19,20)14-8-11(9-16)5-6-13(14)15/h5-6,8,12,17H,2-4,7,9-10,16H2,1H3. The highest BCUT2D eigenvalue weighted by Crippen LogP contribution is 2.23. The van der Waals surface area contributed by atoms with Crippen LogP contribution in [0.15, 0.2) is 23.1 Å². The van der Waals surface area contributed by atoms with Crippen LogP contribution in [0.3, 0.4) is 0 Å². The van der Waals surface area contributed by atoms with Gasteiger partial charge in [-0.3, -0.25) is 0 Å². The van der Waals surface area contributed by atoms with Crippen LogP contribution >= 0.6 is 11.6 Å². The Morgan fingerprint density at radius 1 is 1.48 bits per heavy atom. The molecule has 1 unspecified atom stereocenters. The fraction of sp³-hybridized carbons (Fsp3) is 0.571. The van der Waals surface area contributed by atoms with Gasteiger partial charge in [0.05, 0.1) is 5.02 Å². The first-order valence-electron chi connectivity index (χ1n) is 7.19. The summed E-state index contributed by atoms with van der Waals surface area (Å²) in [6.07, 6.45) is 1.85. The van der Waals surface area contributed by atoms with E-state index in [1.54, 1.807) is 18.2 Å². The molecule has 1 atom stereocenters. The molecule has 0 bridgehead atoms. The summed E-state index contributed by atoms with van der Waals surface area (Å²) >= 11 is 6.04. The number of likely N-dealkylation sites (tertiary alicyclic amines) is 1. The summed E-state index contributed by atoms with van der Waals surface area (Å²) in [6, 6.07) is 4.80. The molecule has 1 fully saturated rings. The van der Waals surface area contributed by atoms with E-state index in [0.717, 1.165) is 38.0 Å². The van der Waals surface area contributed by atoms with Crippen molar-refractivity contribution in [2.24, 2.45) is 5.73 Å². The number of rotatable bonds is 5. The number of benzene rings is 1. The molecule has 2 rings (SSSR count). The summed E-state index contributed by atoms with van der Waals surface area (Å²) in [6.45, 7) is 5.06. The van der Waals surface area contributed by atoms with Gasteiger partial charge in [0, 0.05) is 19.1 Å². The Morgan fingerprint density at radius 3 is 2.90 bits per heavy atom. The molecule has 1 aliphatic rings. The largest absolute Gasteiger partial charge is 0.326 e. The van der Waals surface area contributed by atoms with Crippen molar-refractivity contribution in [2.75, 3.05) is 19.6 Å².